The van der Waals surface area contributed by atoms with Crippen LogP contribution in [0.1, 0.15) is 31.9 Å². The van der Waals surface area contributed by atoms with Gasteiger partial charge in [0.2, 0.25) is 6.10 Å². The van der Waals surface area contributed by atoms with Crippen LogP contribution < -0.4 is 15.2 Å². The van der Waals surface area contributed by atoms with Crippen molar-refractivity contribution in [1.29, 1.82) is 0 Å². The summed E-state index contributed by atoms with van der Waals surface area (Å²) < 4.78 is 51.2. The summed E-state index contributed by atoms with van der Waals surface area (Å²) in [6, 6.07) is 4.26. The van der Waals surface area contributed by atoms with Gasteiger partial charge in [0.1, 0.15) is 18.1 Å². The zero-order valence-corrected chi connectivity index (χ0v) is 15.6. The van der Waals surface area contributed by atoms with Crippen LogP contribution in [0.5, 0.6) is 11.5 Å². The quantitative estimate of drug-likeness (QED) is 0.754. The van der Waals surface area contributed by atoms with Gasteiger partial charge in [0, 0.05) is 35.6 Å². The van der Waals surface area contributed by atoms with Crippen molar-refractivity contribution in [1.82, 2.24) is 4.98 Å². The number of nitrogens with two attached hydrogens (primary N) is 1. The van der Waals surface area contributed by atoms with E-state index in [1.165, 1.54) is 24.5 Å². The lowest BCUT2D eigenvalue weighted by atomic mass is 9.94. The lowest BCUT2D eigenvalue weighted by Crippen LogP contribution is -2.30. The molecular weight excluding hydrogens is 381 g/mol. The van der Waals surface area contributed by atoms with Gasteiger partial charge >= 0.3 is 6.18 Å². The Morgan fingerprint density at radius 2 is 2.04 bits per heavy atom. The largest absolute Gasteiger partial charge is 0.490 e. The highest BCUT2D eigenvalue weighted by molar-refractivity contribution is 6.32. The molecule has 2 atom stereocenters. The summed E-state index contributed by atoms with van der Waals surface area (Å²) in [5, 5.41) is 0.280. The number of fused-ring (bicyclic) bond motifs is 3. The Balaban J connectivity index is 1.93. The second kappa shape index (κ2) is 7.56. The molecule has 0 fully saturated rings. The summed E-state index contributed by atoms with van der Waals surface area (Å²) in [5.41, 5.74) is 6.81. The number of nitrogens with zero attached hydrogens (tertiary/aromatic N) is 1. The van der Waals surface area contributed by atoms with Crippen LogP contribution in [0.25, 0.3) is 11.1 Å². The van der Waals surface area contributed by atoms with Crippen LogP contribution in [0.2, 0.25) is 5.02 Å². The van der Waals surface area contributed by atoms with Gasteiger partial charge in [-0.25, -0.2) is 0 Å². The molecule has 1 aliphatic rings. The first kappa shape index (κ1) is 19.8. The Labute approximate surface area is 160 Å². The highest BCUT2D eigenvalue weighted by Crippen LogP contribution is 2.50. The minimum Gasteiger partial charge on any atom is -0.490 e. The molecule has 0 radical (unpaired) electrons. The molecule has 1 aliphatic heterocycles. The first-order chi connectivity index (χ1) is 12.7. The highest BCUT2D eigenvalue weighted by Gasteiger charge is 2.46. The maximum atomic E-state index is 13.4. The van der Waals surface area contributed by atoms with E-state index in [2.05, 4.69) is 4.98 Å². The SMILES string of the molecule is CC(C)C[C@H](N)COc1cc2c(cc1Cl)-c1ccncc1[C@H](C(F)(F)F)O2. The van der Waals surface area contributed by atoms with E-state index >= 15 is 0 Å². The van der Waals surface area contributed by atoms with Crippen molar-refractivity contribution in [3.8, 4) is 22.6 Å². The molecule has 0 saturated carbocycles. The van der Waals surface area contributed by atoms with E-state index in [9.17, 15) is 13.2 Å². The Morgan fingerprint density at radius 3 is 2.70 bits per heavy atom. The molecule has 27 heavy (non-hydrogen) atoms. The van der Waals surface area contributed by atoms with Gasteiger partial charge in [-0.3, -0.25) is 4.98 Å². The minimum absolute atomic E-state index is 0.0406. The lowest BCUT2D eigenvalue weighted by Gasteiger charge is -2.30. The lowest BCUT2D eigenvalue weighted by molar-refractivity contribution is -0.198. The van der Waals surface area contributed by atoms with Crippen molar-refractivity contribution < 1.29 is 22.6 Å². The number of rotatable bonds is 5. The Kier molecular flexibility index (Phi) is 5.53. The molecule has 2 heterocycles. The maximum Gasteiger partial charge on any atom is 0.429 e. The number of pyridine rings is 1. The van der Waals surface area contributed by atoms with E-state index in [1.54, 1.807) is 6.07 Å². The zero-order valence-electron chi connectivity index (χ0n) is 14.9. The molecule has 0 spiro atoms. The fraction of sp³-hybridized carbons (Fsp3) is 0.421. The Bertz CT molecular complexity index is 827. The van der Waals surface area contributed by atoms with Gasteiger partial charge in [-0.2, -0.15) is 13.2 Å². The number of ether oxygens (including phenoxy) is 2. The van der Waals surface area contributed by atoms with Gasteiger partial charge in [-0.15, -0.1) is 0 Å². The number of halogens is 4. The fourth-order valence-corrected chi connectivity index (χ4v) is 3.34. The van der Waals surface area contributed by atoms with Crippen molar-refractivity contribution in [2.24, 2.45) is 11.7 Å². The van der Waals surface area contributed by atoms with Crippen molar-refractivity contribution in [2.75, 3.05) is 6.61 Å². The van der Waals surface area contributed by atoms with Crippen molar-refractivity contribution in [3.05, 3.63) is 41.2 Å². The molecule has 1 aromatic carbocycles. The fourth-order valence-electron chi connectivity index (χ4n) is 3.12. The number of hydrogen-bond donors (Lipinski definition) is 1. The second-order valence-corrected chi connectivity index (χ2v) is 7.39. The Morgan fingerprint density at radius 1 is 1.30 bits per heavy atom. The predicted molar refractivity (Wildman–Crippen MR) is 97.0 cm³/mol. The monoisotopic (exact) mass is 400 g/mol. The highest BCUT2D eigenvalue weighted by atomic mass is 35.5. The average molecular weight is 401 g/mol. The van der Waals surface area contributed by atoms with Crippen LogP contribution in [0.4, 0.5) is 13.2 Å². The smallest absolute Gasteiger partial charge is 0.429 e. The number of hydrogen-bond acceptors (Lipinski definition) is 4. The van der Waals surface area contributed by atoms with E-state index in [0.29, 0.717) is 17.0 Å². The third-order valence-electron chi connectivity index (χ3n) is 4.23. The van der Waals surface area contributed by atoms with Crippen LogP contribution >= 0.6 is 11.6 Å². The molecule has 4 nitrogen and oxygen atoms in total. The normalized spacial score (nSPS) is 17.1. The van der Waals surface area contributed by atoms with Crippen LogP contribution in [0.15, 0.2) is 30.6 Å². The van der Waals surface area contributed by atoms with Gasteiger partial charge in [0.25, 0.3) is 0 Å². The van der Waals surface area contributed by atoms with Gasteiger partial charge < -0.3 is 15.2 Å². The number of alkyl halides is 3. The second-order valence-electron chi connectivity index (χ2n) is 6.98. The molecule has 0 bridgehead atoms. The van der Waals surface area contributed by atoms with E-state index in [0.717, 1.165) is 6.42 Å². The molecule has 1 aromatic heterocycles. The summed E-state index contributed by atoms with van der Waals surface area (Å²) in [5.74, 6) is 0.713. The predicted octanol–water partition coefficient (Wildman–Crippen LogP) is 5.15. The van der Waals surface area contributed by atoms with Crippen LogP contribution in [0, 0.1) is 5.92 Å². The first-order valence-electron chi connectivity index (χ1n) is 8.56. The van der Waals surface area contributed by atoms with E-state index in [-0.39, 0.29) is 34.7 Å². The molecule has 146 valence electrons. The maximum absolute atomic E-state index is 13.4. The van der Waals surface area contributed by atoms with Gasteiger partial charge in [0.15, 0.2) is 0 Å². The molecule has 2 N–H and O–H groups in total. The summed E-state index contributed by atoms with van der Waals surface area (Å²) in [7, 11) is 0. The standard InChI is InChI=1S/C19H20ClF3N2O2/c1-10(2)5-11(24)9-26-17-7-16-13(6-15(17)20)12-3-4-25-8-14(12)18(27-16)19(21,22)23/h3-4,6-8,10-11,18H,5,9,24H2,1-2H3/t11-,18+/m0/s1. The van der Waals surface area contributed by atoms with Crippen LogP contribution in [-0.4, -0.2) is 23.8 Å². The van der Waals surface area contributed by atoms with Gasteiger partial charge in [-0.05, 0) is 30.0 Å². The third kappa shape index (κ3) is 4.30. The van der Waals surface area contributed by atoms with E-state index in [1.807, 2.05) is 13.8 Å². The molecular formula is C19H20ClF3N2O2. The molecule has 3 rings (SSSR count). The van der Waals surface area contributed by atoms with Crippen LogP contribution in [-0.2, 0) is 0 Å². The van der Waals surface area contributed by atoms with Crippen LogP contribution in [0.3, 0.4) is 0 Å². The average Bonchev–Trinajstić information content (AvgIpc) is 2.58. The molecule has 8 heteroatoms. The molecule has 0 unspecified atom stereocenters. The topological polar surface area (TPSA) is 57.4 Å². The molecule has 2 aromatic rings. The van der Waals surface area contributed by atoms with Crippen molar-refractivity contribution in [3.63, 3.8) is 0 Å². The van der Waals surface area contributed by atoms with Crippen molar-refractivity contribution in [2.45, 2.75) is 38.6 Å². The minimum atomic E-state index is -4.57. The summed E-state index contributed by atoms with van der Waals surface area (Å²) in [6.45, 7) is 4.30. The molecule has 0 amide bonds. The zero-order chi connectivity index (χ0) is 19.8. The molecule has 0 aliphatic carbocycles. The molecule has 0 saturated heterocycles. The summed E-state index contributed by atoms with van der Waals surface area (Å²) in [4.78, 5) is 3.80. The summed E-state index contributed by atoms with van der Waals surface area (Å²) in [6.07, 6.45) is -3.30. The van der Waals surface area contributed by atoms with E-state index < -0.39 is 12.3 Å². The summed E-state index contributed by atoms with van der Waals surface area (Å²) >= 11 is 6.28. The first-order valence-corrected chi connectivity index (χ1v) is 8.94. The Hall–Kier alpha value is -1.99. The van der Waals surface area contributed by atoms with Crippen molar-refractivity contribution >= 4 is 11.6 Å². The number of benzene rings is 1. The number of aromatic nitrogens is 1. The van der Waals surface area contributed by atoms with E-state index in [4.69, 9.17) is 26.8 Å². The van der Waals surface area contributed by atoms with Gasteiger partial charge in [-0.1, -0.05) is 25.4 Å². The third-order valence-corrected chi connectivity index (χ3v) is 4.52. The van der Waals surface area contributed by atoms with Gasteiger partial charge in [0.05, 0.1) is 5.02 Å².